The van der Waals surface area contributed by atoms with E-state index in [4.69, 9.17) is 4.74 Å². The minimum atomic E-state index is -0.185. The molecule has 1 aliphatic rings. The lowest BCUT2D eigenvalue weighted by molar-refractivity contribution is -0.114. The largest absolute Gasteiger partial charge is 0.495 e. The summed E-state index contributed by atoms with van der Waals surface area (Å²) in [5.41, 5.74) is 2.48. The summed E-state index contributed by atoms with van der Waals surface area (Å²) in [5.74, 6) is 0.485. The molecule has 2 aromatic rings. The number of carbonyl (C=O) groups excluding carboxylic acids is 2. The summed E-state index contributed by atoms with van der Waals surface area (Å²) in [6, 6.07) is 16.5. The molecule has 3 rings (SSSR count). The summed E-state index contributed by atoms with van der Waals surface area (Å²) in [6.45, 7) is 8.04. The van der Waals surface area contributed by atoms with Gasteiger partial charge in [-0.3, -0.25) is 14.5 Å². The van der Waals surface area contributed by atoms with E-state index in [9.17, 15) is 9.59 Å². The van der Waals surface area contributed by atoms with Crippen molar-refractivity contribution in [3.05, 3.63) is 54.1 Å². The van der Waals surface area contributed by atoms with Crippen LogP contribution in [-0.4, -0.2) is 55.9 Å². The summed E-state index contributed by atoms with van der Waals surface area (Å²) in [6.07, 6.45) is 7.29. The van der Waals surface area contributed by atoms with Crippen molar-refractivity contribution >= 4 is 23.1 Å². The van der Waals surface area contributed by atoms with Gasteiger partial charge in [0, 0.05) is 56.8 Å². The number of nitrogens with zero attached hydrogens (tertiary/aromatic N) is 2. The van der Waals surface area contributed by atoms with Crippen LogP contribution >= 0.6 is 0 Å². The molecule has 0 bridgehead atoms. The zero-order valence-corrected chi connectivity index (χ0v) is 21.6. The lowest BCUT2D eigenvalue weighted by atomic mass is 9.98. The quantitative estimate of drug-likeness (QED) is 0.292. The summed E-state index contributed by atoms with van der Waals surface area (Å²) < 4.78 is 5.29. The maximum Gasteiger partial charge on any atom is 0.221 e. The number of anilines is 2. The zero-order chi connectivity index (χ0) is 25.0. The van der Waals surface area contributed by atoms with Crippen molar-refractivity contribution in [1.29, 1.82) is 0 Å². The fourth-order valence-electron chi connectivity index (χ4n) is 4.91. The monoisotopic (exact) mass is 479 g/mol. The van der Waals surface area contributed by atoms with E-state index in [1.54, 1.807) is 25.3 Å². The Labute approximate surface area is 210 Å². The molecule has 0 saturated carbocycles. The highest BCUT2D eigenvalue weighted by Crippen LogP contribution is 2.27. The van der Waals surface area contributed by atoms with Gasteiger partial charge >= 0.3 is 0 Å². The first kappa shape index (κ1) is 26.7. The van der Waals surface area contributed by atoms with Crippen molar-refractivity contribution in [2.24, 2.45) is 0 Å². The first-order valence-electron chi connectivity index (χ1n) is 13.0. The number of ketones is 1. The van der Waals surface area contributed by atoms with E-state index >= 15 is 0 Å². The predicted octanol–water partition coefficient (Wildman–Crippen LogP) is 5.78. The second-order valence-electron chi connectivity index (χ2n) is 9.42. The minimum absolute atomic E-state index is 0.112. The molecule has 1 unspecified atom stereocenters. The molecule has 0 aromatic heterocycles. The Morgan fingerprint density at radius 2 is 1.69 bits per heavy atom. The van der Waals surface area contributed by atoms with Crippen LogP contribution in [-0.2, 0) is 4.79 Å². The van der Waals surface area contributed by atoms with Crippen LogP contribution in [0.4, 0.5) is 11.4 Å². The molecule has 6 heteroatoms. The fourth-order valence-corrected chi connectivity index (χ4v) is 4.91. The summed E-state index contributed by atoms with van der Waals surface area (Å²) >= 11 is 0. The molecule has 6 nitrogen and oxygen atoms in total. The summed E-state index contributed by atoms with van der Waals surface area (Å²) in [7, 11) is 1.55. The number of methoxy groups -OCH3 is 1. The van der Waals surface area contributed by atoms with Gasteiger partial charge in [0.1, 0.15) is 5.75 Å². The normalized spacial score (nSPS) is 15.0. The molecule has 0 radical (unpaired) electrons. The molecule has 2 aromatic carbocycles. The summed E-state index contributed by atoms with van der Waals surface area (Å²) in [5, 5.41) is 2.75. The van der Waals surface area contributed by atoms with E-state index in [1.165, 1.54) is 31.9 Å². The third-order valence-electron chi connectivity index (χ3n) is 6.87. The standard InChI is InChI=1S/C29H41N3O3/c1-4-5-11-25(31-18-20-32(21-19-31)26-12-7-6-8-13-26)14-9-10-15-28(34)24-16-17-29(35-3)27(22-24)30-23(2)33/h6-8,12-13,16-17,22,25H,4-5,9-11,14-15,18-21H2,1-3H3,(H,30,33). The number of ether oxygens (including phenoxy) is 1. The van der Waals surface area contributed by atoms with Crippen molar-refractivity contribution in [3.8, 4) is 5.75 Å². The first-order chi connectivity index (χ1) is 17.0. The Morgan fingerprint density at radius 3 is 2.34 bits per heavy atom. The molecule has 0 aliphatic carbocycles. The van der Waals surface area contributed by atoms with Gasteiger partial charge in [0.05, 0.1) is 12.8 Å². The van der Waals surface area contributed by atoms with Crippen molar-refractivity contribution in [3.63, 3.8) is 0 Å². The maximum atomic E-state index is 12.8. The highest BCUT2D eigenvalue weighted by molar-refractivity contribution is 5.99. The average molecular weight is 480 g/mol. The molecule has 1 atom stereocenters. The Hall–Kier alpha value is -2.86. The Bertz CT molecular complexity index is 939. The van der Waals surface area contributed by atoms with Gasteiger partial charge in [-0.05, 0) is 49.6 Å². The van der Waals surface area contributed by atoms with Gasteiger partial charge in [-0.25, -0.2) is 0 Å². The average Bonchev–Trinajstić information content (AvgIpc) is 2.88. The summed E-state index contributed by atoms with van der Waals surface area (Å²) in [4.78, 5) is 29.4. The molecule has 1 heterocycles. The van der Waals surface area contributed by atoms with E-state index in [0.717, 1.165) is 45.4 Å². The second kappa shape index (κ2) is 13.9. The smallest absolute Gasteiger partial charge is 0.221 e. The van der Waals surface area contributed by atoms with E-state index in [2.05, 4.69) is 52.4 Å². The number of para-hydroxylation sites is 1. The number of unbranched alkanes of at least 4 members (excludes halogenated alkanes) is 2. The van der Waals surface area contributed by atoms with Crippen molar-refractivity contribution in [2.75, 3.05) is 43.5 Å². The van der Waals surface area contributed by atoms with Crippen LogP contribution in [0.25, 0.3) is 0 Å². The van der Waals surface area contributed by atoms with E-state index in [-0.39, 0.29) is 11.7 Å². The third-order valence-corrected chi connectivity index (χ3v) is 6.87. The number of hydrogen-bond acceptors (Lipinski definition) is 5. The molecule has 1 amide bonds. The highest BCUT2D eigenvalue weighted by Gasteiger charge is 2.23. The Balaban J connectivity index is 1.48. The van der Waals surface area contributed by atoms with Crippen LogP contribution in [0.15, 0.2) is 48.5 Å². The molecule has 1 N–H and O–H groups in total. The Kier molecular flexibility index (Phi) is 10.6. The van der Waals surface area contributed by atoms with E-state index in [0.29, 0.717) is 29.5 Å². The van der Waals surface area contributed by atoms with Gasteiger partial charge in [-0.1, -0.05) is 44.4 Å². The maximum absolute atomic E-state index is 12.8. The molecular weight excluding hydrogens is 438 g/mol. The van der Waals surface area contributed by atoms with Gasteiger partial charge in [-0.15, -0.1) is 0 Å². The highest BCUT2D eigenvalue weighted by atomic mass is 16.5. The molecular formula is C29H41N3O3. The van der Waals surface area contributed by atoms with Crippen LogP contribution in [0, 0.1) is 0 Å². The first-order valence-corrected chi connectivity index (χ1v) is 13.0. The van der Waals surface area contributed by atoms with Crippen LogP contribution in [0.2, 0.25) is 0 Å². The van der Waals surface area contributed by atoms with Crippen LogP contribution < -0.4 is 15.0 Å². The molecule has 1 fully saturated rings. The lowest BCUT2D eigenvalue weighted by Gasteiger charge is -2.40. The second-order valence-corrected chi connectivity index (χ2v) is 9.42. The fraction of sp³-hybridized carbons (Fsp3) is 0.517. The molecule has 1 aliphatic heterocycles. The SMILES string of the molecule is CCCCC(CCCCC(=O)c1ccc(OC)c(NC(C)=O)c1)N1CCN(c2ccccc2)CC1. The number of amides is 1. The number of nitrogens with one attached hydrogen (secondary N) is 1. The van der Waals surface area contributed by atoms with Crippen molar-refractivity contribution in [1.82, 2.24) is 4.90 Å². The Morgan fingerprint density at radius 1 is 0.971 bits per heavy atom. The van der Waals surface area contributed by atoms with Crippen molar-refractivity contribution in [2.45, 2.75) is 64.8 Å². The van der Waals surface area contributed by atoms with Gasteiger partial charge in [0.2, 0.25) is 5.91 Å². The van der Waals surface area contributed by atoms with Crippen LogP contribution in [0.1, 0.15) is 69.2 Å². The minimum Gasteiger partial charge on any atom is -0.495 e. The van der Waals surface area contributed by atoms with Crippen LogP contribution in [0.5, 0.6) is 5.75 Å². The number of carbonyl (C=O) groups is 2. The molecule has 190 valence electrons. The third kappa shape index (κ3) is 8.10. The number of piperazine rings is 1. The molecule has 0 spiro atoms. The van der Waals surface area contributed by atoms with Gasteiger partial charge in [0.15, 0.2) is 5.78 Å². The van der Waals surface area contributed by atoms with Gasteiger partial charge in [0.25, 0.3) is 0 Å². The topological polar surface area (TPSA) is 61.9 Å². The van der Waals surface area contributed by atoms with Gasteiger partial charge in [-0.2, -0.15) is 0 Å². The van der Waals surface area contributed by atoms with E-state index < -0.39 is 0 Å². The van der Waals surface area contributed by atoms with Gasteiger partial charge < -0.3 is 15.0 Å². The number of hydrogen-bond donors (Lipinski definition) is 1. The number of benzene rings is 2. The van der Waals surface area contributed by atoms with E-state index in [1.807, 2.05) is 0 Å². The lowest BCUT2D eigenvalue weighted by Crippen LogP contribution is -2.50. The number of Topliss-reactive ketones (excluding diaryl/α,β-unsaturated/α-hetero) is 1. The predicted molar refractivity (Wildman–Crippen MR) is 144 cm³/mol. The van der Waals surface area contributed by atoms with Crippen molar-refractivity contribution < 1.29 is 14.3 Å². The zero-order valence-electron chi connectivity index (χ0n) is 21.6. The molecule has 35 heavy (non-hydrogen) atoms. The molecule has 1 saturated heterocycles. The number of rotatable bonds is 13. The van der Waals surface area contributed by atoms with Crippen LogP contribution in [0.3, 0.4) is 0 Å².